The van der Waals surface area contributed by atoms with E-state index in [1.54, 1.807) is 7.11 Å². The molecule has 18 heavy (non-hydrogen) atoms. The van der Waals surface area contributed by atoms with E-state index in [1.807, 2.05) is 0 Å². The van der Waals surface area contributed by atoms with Crippen LogP contribution in [0, 0.1) is 11.6 Å². The van der Waals surface area contributed by atoms with Gasteiger partial charge in [0, 0.05) is 26.3 Å². The first-order chi connectivity index (χ1) is 8.67. The van der Waals surface area contributed by atoms with E-state index in [2.05, 4.69) is 15.7 Å². The van der Waals surface area contributed by atoms with Crippen molar-refractivity contribution in [2.45, 2.75) is 6.42 Å². The molecule has 5 nitrogen and oxygen atoms in total. The zero-order valence-corrected chi connectivity index (χ0v) is 10.0. The molecular weight excluding hydrogens is 242 g/mol. The number of nitrogens with one attached hydrogen (secondary N) is 2. The van der Waals surface area contributed by atoms with Crippen LogP contribution in [0.3, 0.4) is 0 Å². The number of nitrogens with two attached hydrogens (primary N) is 1. The number of hydrazine groups is 1. The maximum absolute atomic E-state index is 13.3. The van der Waals surface area contributed by atoms with E-state index in [-0.39, 0.29) is 11.6 Å². The molecule has 0 spiro atoms. The molecule has 7 heteroatoms. The van der Waals surface area contributed by atoms with E-state index in [9.17, 15) is 8.78 Å². The van der Waals surface area contributed by atoms with Crippen LogP contribution in [0.4, 0.5) is 14.5 Å². The molecule has 1 rings (SSSR count). The lowest BCUT2D eigenvalue weighted by Gasteiger charge is -2.10. The Labute approximate surface area is 104 Å². The molecular formula is C11H16F2N4O. The number of hydrogen-bond donors (Lipinski definition) is 3. The Morgan fingerprint density at radius 1 is 1.44 bits per heavy atom. The Bertz CT molecular complexity index is 412. The topological polar surface area (TPSA) is 71.7 Å². The second-order valence-electron chi connectivity index (χ2n) is 3.47. The first-order valence-electron chi connectivity index (χ1n) is 5.39. The summed E-state index contributed by atoms with van der Waals surface area (Å²) in [6, 6.07) is 3.08. The zero-order chi connectivity index (χ0) is 13.4. The third kappa shape index (κ3) is 4.64. The van der Waals surface area contributed by atoms with Crippen LogP contribution < -0.4 is 16.6 Å². The van der Waals surface area contributed by atoms with Crippen molar-refractivity contribution in [1.82, 2.24) is 5.43 Å². The molecule has 0 aromatic heterocycles. The summed E-state index contributed by atoms with van der Waals surface area (Å²) in [7, 11) is 1.59. The number of ether oxygens (including phenoxy) is 1. The van der Waals surface area contributed by atoms with Crippen molar-refractivity contribution in [2.75, 3.05) is 25.6 Å². The van der Waals surface area contributed by atoms with E-state index in [1.165, 1.54) is 0 Å². The van der Waals surface area contributed by atoms with Gasteiger partial charge in [-0.05, 0) is 18.6 Å². The summed E-state index contributed by atoms with van der Waals surface area (Å²) in [6.45, 7) is 1.02. The molecule has 0 unspecified atom stereocenters. The Kier molecular flexibility index (Phi) is 6.03. The number of halogens is 2. The van der Waals surface area contributed by atoms with E-state index in [0.717, 1.165) is 18.2 Å². The van der Waals surface area contributed by atoms with Crippen molar-refractivity contribution >= 4 is 11.6 Å². The van der Waals surface area contributed by atoms with Gasteiger partial charge in [-0.1, -0.05) is 0 Å². The van der Waals surface area contributed by atoms with Crippen LogP contribution >= 0.6 is 0 Å². The number of aliphatic imine (C=N–C) groups is 1. The number of anilines is 1. The maximum Gasteiger partial charge on any atom is 0.210 e. The first-order valence-corrected chi connectivity index (χ1v) is 5.39. The van der Waals surface area contributed by atoms with Gasteiger partial charge in [0.15, 0.2) is 0 Å². The highest BCUT2D eigenvalue weighted by molar-refractivity contribution is 5.93. The molecule has 0 saturated heterocycles. The van der Waals surface area contributed by atoms with Gasteiger partial charge in [0.2, 0.25) is 5.96 Å². The van der Waals surface area contributed by atoms with Gasteiger partial charge >= 0.3 is 0 Å². The first kappa shape index (κ1) is 14.3. The Balaban J connectivity index is 2.64. The summed E-state index contributed by atoms with van der Waals surface area (Å²) >= 11 is 0. The maximum atomic E-state index is 13.3. The summed E-state index contributed by atoms with van der Waals surface area (Å²) in [5.41, 5.74) is 2.25. The molecule has 100 valence electrons. The monoisotopic (exact) mass is 258 g/mol. The summed E-state index contributed by atoms with van der Waals surface area (Å²) in [4.78, 5) is 4.05. The molecule has 0 aliphatic carbocycles. The molecule has 0 aliphatic heterocycles. The average Bonchev–Trinajstić information content (AvgIpc) is 2.37. The van der Waals surface area contributed by atoms with Crippen molar-refractivity contribution in [1.29, 1.82) is 0 Å². The van der Waals surface area contributed by atoms with Gasteiger partial charge < -0.3 is 10.1 Å². The van der Waals surface area contributed by atoms with Crippen LogP contribution in [0.15, 0.2) is 23.2 Å². The standard InChI is InChI=1S/C11H16F2N4O/c1-18-6-2-5-15-11(17-14)16-10-7-8(12)3-4-9(10)13/h3-4,7H,2,5-6,14H2,1H3,(H2,15,16,17). The number of benzene rings is 1. The number of hydrogen-bond acceptors (Lipinski definition) is 3. The highest BCUT2D eigenvalue weighted by atomic mass is 19.1. The molecule has 1 aromatic rings. The average molecular weight is 258 g/mol. The molecule has 0 saturated carbocycles. The van der Waals surface area contributed by atoms with Crippen LogP contribution in [0.1, 0.15) is 6.42 Å². The van der Waals surface area contributed by atoms with Crippen molar-refractivity contribution in [3.63, 3.8) is 0 Å². The van der Waals surface area contributed by atoms with Crippen LogP contribution in [-0.2, 0) is 4.74 Å². The van der Waals surface area contributed by atoms with E-state index >= 15 is 0 Å². The molecule has 0 atom stereocenters. The second kappa shape index (κ2) is 7.57. The molecule has 0 aliphatic rings. The molecule has 0 radical (unpaired) electrons. The van der Waals surface area contributed by atoms with Gasteiger partial charge in [-0.2, -0.15) is 0 Å². The quantitative estimate of drug-likeness (QED) is 0.244. The van der Waals surface area contributed by atoms with Crippen molar-refractivity contribution in [3.05, 3.63) is 29.8 Å². The summed E-state index contributed by atoms with van der Waals surface area (Å²) < 4.78 is 31.1. The van der Waals surface area contributed by atoms with Gasteiger partial charge in [-0.15, -0.1) is 0 Å². The van der Waals surface area contributed by atoms with Gasteiger partial charge in [0.25, 0.3) is 0 Å². The second-order valence-corrected chi connectivity index (χ2v) is 3.47. The smallest absolute Gasteiger partial charge is 0.210 e. The van der Waals surface area contributed by atoms with Crippen molar-refractivity contribution in [2.24, 2.45) is 10.8 Å². The molecule has 0 fully saturated rings. The number of nitrogens with zero attached hydrogens (tertiary/aromatic N) is 1. The van der Waals surface area contributed by atoms with Gasteiger partial charge in [-0.3, -0.25) is 10.4 Å². The minimum absolute atomic E-state index is 0.0292. The number of rotatable bonds is 5. The molecule has 0 amide bonds. The minimum Gasteiger partial charge on any atom is -0.385 e. The summed E-state index contributed by atoms with van der Waals surface area (Å²) in [5, 5.41) is 2.57. The predicted octanol–water partition coefficient (Wildman–Crippen LogP) is 1.23. The van der Waals surface area contributed by atoms with Crippen LogP contribution in [0.25, 0.3) is 0 Å². The fourth-order valence-corrected chi connectivity index (χ4v) is 1.24. The predicted molar refractivity (Wildman–Crippen MR) is 66.1 cm³/mol. The lowest BCUT2D eigenvalue weighted by atomic mass is 10.3. The zero-order valence-electron chi connectivity index (χ0n) is 10.0. The van der Waals surface area contributed by atoms with Crippen molar-refractivity contribution < 1.29 is 13.5 Å². The fourth-order valence-electron chi connectivity index (χ4n) is 1.24. The van der Waals surface area contributed by atoms with Crippen molar-refractivity contribution in [3.8, 4) is 0 Å². The van der Waals surface area contributed by atoms with Gasteiger partial charge in [0.05, 0.1) is 5.69 Å². The number of methoxy groups -OCH3 is 1. The molecule has 4 N–H and O–H groups in total. The summed E-state index contributed by atoms with van der Waals surface area (Å²) in [6.07, 6.45) is 0.703. The highest BCUT2D eigenvalue weighted by Crippen LogP contribution is 2.14. The highest BCUT2D eigenvalue weighted by Gasteiger charge is 2.05. The van der Waals surface area contributed by atoms with Crippen LogP contribution in [-0.4, -0.2) is 26.2 Å². The van der Waals surface area contributed by atoms with Crippen LogP contribution in [0.2, 0.25) is 0 Å². The van der Waals surface area contributed by atoms with E-state index in [0.29, 0.717) is 19.6 Å². The largest absolute Gasteiger partial charge is 0.385 e. The van der Waals surface area contributed by atoms with Gasteiger partial charge in [-0.25, -0.2) is 14.6 Å². The van der Waals surface area contributed by atoms with E-state index < -0.39 is 11.6 Å². The van der Waals surface area contributed by atoms with E-state index in [4.69, 9.17) is 10.6 Å². The molecule has 0 bridgehead atoms. The Morgan fingerprint density at radius 3 is 2.89 bits per heavy atom. The SMILES string of the molecule is COCCCN=C(NN)Nc1cc(F)ccc1F. The number of guanidine groups is 1. The Hall–Kier alpha value is -1.73. The fraction of sp³-hybridized carbons (Fsp3) is 0.364. The third-order valence-electron chi connectivity index (χ3n) is 2.09. The molecule has 0 heterocycles. The van der Waals surface area contributed by atoms with Gasteiger partial charge in [0.1, 0.15) is 11.6 Å². The molecule has 1 aromatic carbocycles. The normalized spacial score (nSPS) is 11.4. The van der Waals surface area contributed by atoms with Crippen LogP contribution in [0.5, 0.6) is 0 Å². The Morgan fingerprint density at radius 2 is 2.22 bits per heavy atom. The minimum atomic E-state index is -0.587. The lowest BCUT2D eigenvalue weighted by molar-refractivity contribution is 0.197. The summed E-state index contributed by atoms with van der Waals surface area (Å²) in [5.74, 6) is 4.26. The lowest BCUT2D eigenvalue weighted by Crippen LogP contribution is -2.36. The third-order valence-corrected chi connectivity index (χ3v) is 2.09.